The normalized spacial score (nSPS) is 11.0. The van der Waals surface area contributed by atoms with Gasteiger partial charge in [0.15, 0.2) is 10.9 Å². The molecule has 0 aliphatic heterocycles. The van der Waals surface area contributed by atoms with Crippen LogP contribution in [0.4, 0.5) is 13.9 Å². The number of amides is 1. The number of carbonyl (C=O) groups excluding carboxylic acids is 1. The monoisotopic (exact) mass is 372 g/mol. The van der Waals surface area contributed by atoms with Crippen molar-refractivity contribution in [3.8, 4) is 0 Å². The van der Waals surface area contributed by atoms with Gasteiger partial charge >= 0.3 is 0 Å². The molecule has 0 atom stereocenters. The molecule has 2 aromatic carbocycles. The van der Waals surface area contributed by atoms with Gasteiger partial charge in [0.2, 0.25) is 5.91 Å². The van der Waals surface area contributed by atoms with Gasteiger partial charge in [-0.3, -0.25) is 4.79 Å². The molecule has 0 aliphatic carbocycles. The van der Waals surface area contributed by atoms with Crippen molar-refractivity contribution in [2.45, 2.75) is 6.42 Å². The van der Waals surface area contributed by atoms with Crippen molar-refractivity contribution in [1.29, 1.82) is 0 Å². The topological polar surface area (TPSA) is 42.0 Å². The molecule has 0 aliphatic rings. The predicted molar refractivity (Wildman–Crippen MR) is 88.3 cm³/mol. The number of fused-ring (bicyclic) bond motifs is 1. The van der Waals surface area contributed by atoms with Gasteiger partial charge in [-0.05, 0) is 23.8 Å². The zero-order chi connectivity index (χ0) is 16.6. The van der Waals surface area contributed by atoms with Crippen LogP contribution < -0.4 is 5.32 Å². The number of halogens is 4. The lowest BCUT2D eigenvalue weighted by molar-refractivity contribution is -0.115. The van der Waals surface area contributed by atoms with E-state index in [1.165, 1.54) is 0 Å². The van der Waals surface area contributed by atoms with Gasteiger partial charge in [-0.15, -0.1) is 0 Å². The second-order valence-electron chi connectivity index (χ2n) is 4.68. The fourth-order valence-electron chi connectivity index (χ4n) is 2.04. The fourth-order valence-corrected chi connectivity index (χ4v) is 3.49. The van der Waals surface area contributed by atoms with E-state index in [1.807, 2.05) is 0 Å². The average Bonchev–Trinajstić information content (AvgIpc) is 2.85. The summed E-state index contributed by atoms with van der Waals surface area (Å²) in [4.78, 5) is 16.0. The Morgan fingerprint density at radius 2 is 1.91 bits per heavy atom. The lowest BCUT2D eigenvalue weighted by Gasteiger charge is -2.06. The van der Waals surface area contributed by atoms with Gasteiger partial charge in [-0.2, -0.15) is 0 Å². The predicted octanol–water partition coefficient (Wildman–Crippen LogP) is 5.06. The highest BCUT2D eigenvalue weighted by molar-refractivity contribution is 7.22. The van der Waals surface area contributed by atoms with Gasteiger partial charge in [0.25, 0.3) is 0 Å². The minimum atomic E-state index is -0.772. The smallest absolute Gasteiger partial charge is 0.230 e. The van der Waals surface area contributed by atoms with E-state index in [0.717, 1.165) is 23.5 Å². The summed E-state index contributed by atoms with van der Waals surface area (Å²) in [6, 6.07) is 6.85. The van der Waals surface area contributed by atoms with Crippen LogP contribution in [0.5, 0.6) is 0 Å². The molecule has 118 valence electrons. The Kier molecular flexibility index (Phi) is 4.48. The third-order valence-corrected chi connectivity index (χ3v) is 4.68. The molecule has 1 N–H and O–H groups in total. The van der Waals surface area contributed by atoms with E-state index >= 15 is 0 Å². The van der Waals surface area contributed by atoms with Crippen LogP contribution in [0, 0.1) is 11.6 Å². The van der Waals surface area contributed by atoms with Crippen molar-refractivity contribution in [3.05, 3.63) is 57.6 Å². The van der Waals surface area contributed by atoms with Gasteiger partial charge in [-0.1, -0.05) is 40.6 Å². The number of anilines is 1. The molecular formula is C15H8Cl2F2N2OS. The Morgan fingerprint density at radius 3 is 2.61 bits per heavy atom. The Labute approximate surface area is 143 Å². The van der Waals surface area contributed by atoms with Crippen LogP contribution in [0.25, 0.3) is 10.2 Å². The van der Waals surface area contributed by atoms with Crippen LogP contribution in [-0.2, 0) is 11.2 Å². The number of nitrogens with zero attached hydrogens (tertiary/aromatic N) is 1. The Bertz CT molecular complexity index is 894. The fraction of sp³-hybridized carbons (Fsp3) is 0.0667. The van der Waals surface area contributed by atoms with E-state index in [2.05, 4.69) is 10.3 Å². The summed E-state index contributed by atoms with van der Waals surface area (Å²) in [6.07, 6.45) is -0.0503. The van der Waals surface area contributed by atoms with Crippen LogP contribution in [0.15, 0.2) is 30.3 Å². The minimum Gasteiger partial charge on any atom is -0.302 e. The molecule has 0 saturated carbocycles. The molecule has 0 unspecified atom stereocenters. The number of carbonyl (C=O) groups is 1. The van der Waals surface area contributed by atoms with Crippen molar-refractivity contribution < 1.29 is 13.6 Å². The highest BCUT2D eigenvalue weighted by Crippen LogP contribution is 2.29. The second kappa shape index (κ2) is 6.39. The van der Waals surface area contributed by atoms with Crippen LogP contribution in [-0.4, -0.2) is 10.9 Å². The van der Waals surface area contributed by atoms with E-state index in [4.69, 9.17) is 23.2 Å². The quantitative estimate of drug-likeness (QED) is 0.697. The van der Waals surface area contributed by atoms with Crippen molar-refractivity contribution in [2.24, 2.45) is 0 Å². The van der Waals surface area contributed by atoms with Gasteiger partial charge in [-0.25, -0.2) is 13.8 Å². The zero-order valence-corrected chi connectivity index (χ0v) is 13.7. The molecule has 0 bridgehead atoms. The largest absolute Gasteiger partial charge is 0.302 e. The molecule has 0 saturated heterocycles. The number of aromatic nitrogens is 1. The van der Waals surface area contributed by atoms with Crippen LogP contribution in [0.3, 0.4) is 0 Å². The molecule has 1 heterocycles. The highest BCUT2D eigenvalue weighted by Gasteiger charge is 2.15. The Hall–Kier alpha value is -1.76. The molecule has 3 rings (SSSR count). The van der Waals surface area contributed by atoms with Gasteiger partial charge in [0.1, 0.15) is 11.3 Å². The summed E-state index contributed by atoms with van der Waals surface area (Å²) in [5.41, 5.74) is 0.508. The number of hydrogen-bond donors (Lipinski definition) is 1. The molecule has 0 radical (unpaired) electrons. The maximum absolute atomic E-state index is 13.6. The van der Waals surface area contributed by atoms with Gasteiger partial charge in [0, 0.05) is 16.1 Å². The maximum Gasteiger partial charge on any atom is 0.230 e. The number of hydrogen-bond acceptors (Lipinski definition) is 3. The lowest BCUT2D eigenvalue weighted by atomic mass is 10.1. The third-order valence-electron chi connectivity index (χ3n) is 3.06. The summed E-state index contributed by atoms with van der Waals surface area (Å²) in [6.45, 7) is 0. The number of thiazole rings is 1. The first-order chi connectivity index (χ1) is 10.9. The zero-order valence-electron chi connectivity index (χ0n) is 11.4. The summed E-state index contributed by atoms with van der Waals surface area (Å²) < 4.78 is 27.1. The van der Waals surface area contributed by atoms with Crippen molar-refractivity contribution in [1.82, 2.24) is 4.98 Å². The summed E-state index contributed by atoms with van der Waals surface area (Å²) in [5.74, 6) is -1.87. The first-order valence-electron chi connectivity index (χ1n) is 6.42. The van der Waals surface area contributed by atoms with Gasteiger partial charge < -0.3 is 5.32 Å². The van der Waals surface area contributed by atoms with E-state index in [-0.39, 0.29) is 17.1 Å². The summed E-state index contributed by atoms with van der Waals surface area (Å²) in [5, 5.41) is 3.48. The van der Waals surface area contributed by atoms with Crippen molar-refractivity contribution >= 4 is 55.8 Å². The first kappa shape index (κ1) is 16.1. The van der Waals surface area contributed by atoms with E-state index in [0.29, 0.717) is 20.3 Å². The summed E-state index contributed by atoms with van der Waals surface area (Å²) in [7, 11) is 0. The number of rotatable bonds is 3. The van der Waals surface area contributed by atoms with Crippen LogP contribution in [0.2, 0.25) is 10.0 Å². The molecule has 1 aromatic heterocycles. The lowest BCUT2D eigenvalue weighted by Crippen LogP contribution is -2.14. The molecule has 3 aromatic rings. The average molecular weight is 373 g/mol. The van der Waals surface area contributed by atoms with Crippen molar-refractivity contribution in [3.63, 3.8) is 0 Å². The SMILES string of the molecule is O=C(Cc1c(Cl)cccc1Cl)Nc1nc2c(F)cc(F)cc2s1. The second-order valence-corrected chi connectivity index (χ2v) is 6.52. The molecule has 0 fully saturated rings. The third kappa shape index (κ3) is 3.44. The standard InChI is InChI=1S/C15H8Cl2F2N2OS/c16-9-2-1-3-10(17)8(9)6-13(22)20-15-21-14-11(19)4-7(18)5-12(14)23-15/h1-5H,6H2,(H,20,21,22). The first-order valence-corrected chi connectivity index (χ1v) is 7.99. The number of nitrogens with one attached hydrogen (secondary N) is 1. The Balaban J connectivity index is 1.82. The molecule has 8 heteroatoms. The van der Waals surface area contributed by atoms with E-state index < -0.39 is 17.5 Å². The molecular weight excluding hydrogens is 365 g/mol. The molecule has 0 spiro atoms. The maximum atomic E-state index is 13.6. The molecule has 23 heavy (non-hydrogen) atoms. The van der Waals surface area contributed by atoms with E-state index in [1.54, 1.807) is 18.2 Å². The number of benzene rings is 2. The minimum absolute atomic E-state index is 0.0162. The van der Waals surface area contributed by atoms with Crippen LogP contribution in [0.1, 0.15) is 5.56 Å². The van der Waals surface area contributed by atoms with Gasteiger partial charge in [0.05, 0.1) is 11.1 Å². The van der Waals surface area contributed by atoms with Crippen LogP contribution >= 0.6 is 34.5 Å². The molecule has 3 nitrogen and oxygen atoms in total. The highest BCUT2D eigenvalue weighted by atomic mass is 35.5. The van der Waals surface area contributed by atoms with E-state index in [9.17, 15) is 13.6 Å². The Morgan fingerprint density at radius 1 is 1.22 bits per heavy atom. The molecule has 1 amide bonds. The summed E-state index contributed by atoms with van der Waals surface area (Å²) >= 11 is 13.0. The van der Waals surface area contributed by atoms with Crippen molar-refractivity contribution in [2.75, 3.05) is 5.32 Å².